The maximum absolute atomic E-state index is 13.2. The second-order valence-corrected chi connectivity index (χ2v) is 5.01. The molecule has 0 atom stereocenters. The lowest BCUT2D eigenvalue weighted by molar-refractivity contribution is 0.0637. The number of carbonyl (C=O) groups is 1. The van der Waals surface area contributed by atoms with Gasteiger partial charge in [0, 0.05) is 12.6 Å². The molecule has 1 aliphatic rings. The molecule has 0 spiro atoms. The van der Waals surface area contributed by atoms with Gasteiger partial charge in [0.1, 0.15) is 11.0 Å². The fourth-order valence-electron chi connectivity index (χ4n) is 2.50. The number of aliphatic hydroxyl groups excluding tert-OH is 1. The first-order valence-electron chi connectivity index (χ1n) is 6.36. The quantitative estimate of drug-likeness (QED) is 0.864. The van der Waals surface area contributed by atoms with Crippen molar-refractivity contribution in [2.75, 3.05) is 13.2 Å². The molecule has 1 fully saturated rings. The van der Waals surface area contributed by atoms with Gasteiger partial charge in [0.25, 0.3) is 5.91 Å². The molecule has 0 bridgehead atoms. The molecule has 1 heterocycles. The standard InChI is InChI=1S/C13H16ClFN2O2/c14-12-11(7-9(15)8-16-12)13(19)17(5-6-18)10-3-1-2-4-10/h7-8,10,18H,1-6H2. The van der Waals surface area contributed by atoms with Gasteiger partial charge >= 0.3 is 0 Å². The van der Waals surface area contributed by atoms with Crippen LogP contribution in [0.5, 0.6) is 0 Å². The van der Waals surface area contributed by atoms with Crippen molar-refractivity contribution in [2.45, 2.75) is 31.7 Å². The molecule has 1 amide bonds. The molecular formula is C13H16ClFN2O2. The van der Waals surface area contributed by atoms with E-state index in [1.165, 1.54) is 0 Å². The van der Waals surface area contributed by atoms with Crippen LogP contribution in [0.3, 0.4) is 0 Å². The van der Waals surface area contributed by atoms with Crippen molar-refractivity contribution in [2.24, 2.45) is 0 Å². The molecule has 0 aromatic carbocycles. The first kappa shape index (κ1) is 14.2. The van der Waals surface area contributed by atoms with Crippen molar-refractivity contribution in [3.05, 3.63) is 28.8 Å². The molecular weight excluding hydrogens is 271 g/mol. The Hall–Kier alpha value is -1.20. The van der Waals surface area contributed by atoms with E-state index in [1.54, 1.807) is 4.90 Å². The Balaban J connectivity index is 2.25. The number of hydrogen-bond acceptors (Lipinski definition) is 3. The van der Waals surface area contributed by atoms with Crippen molar-refractivity contribution >= 4 is 17.5 Å². The van der Waals surface area contributed by atoms with Crippen LogP contribution in [0.15, 0.2) is 12.3 Å². The summed E-state index contributed by atoms with van der Waals surface area (Å²) in [5.41, 5.74) is 0.0574. The molecule has 4 nitrogen and oxygen atoms in total. The molecule has 1 aromatic heterocycles. The van der Waals surface area contributed by atoms with E-state index in [2.05, 4.69) is 4.98 Å². The summed E-state index contributed by atoms with van der Waals surface area (Å²) >= 11 is 5.85. The molecule has 0 unspecified atom stereocenters. The van der Waals surface area contributed by atoms with Gasteiger partial charge in [-0.25, -0.2) is 9.37 Å². The van der Waals surface area contributed by atoms with Gasteiger partial charge in [-0.2, -0.15) is 0 Å². The lowest BCUT2D eigenvalue weighted by atomic mass is 10.1. The van der Waals surface area contributed by atoms with Gasteiger partial charge < -0.3 is 10.0 Å². The number of nitrogens with zero attached hydrogens (tertiary/aromatic N) is 2. The van der Waals surface area contributed by atoms with Crippen LogP contribution in [0.4, 0.5) is 4.39 Å². The maximum Gasteiger partial charge on any atom is 0.257 e. The lowest BCUT2D eigenvalue weighted by Crippen LogP contribution is -2.41. The minimum absolute atomic E-state index is 0.00710. The van der Waals surface area contributed by atoms with E-state index >= 15 is 0 Å². The number of hydrogen-bond donors (Lipinski definition) is 1. The first-order valence-corrected chi connectivity index (χ1v) is 6.74. The molecule has 104 valence electrons. The Labute approximate surface area is 116 Å². The van der Waals surface area contributed by atoms with Crippen molar-refractivity contribution in [3.63, 3.8) is 0 Å². The molecule has 0 saturated heterocycles. The van der Waals surface area contributed by atoms with Crippen LogP contribution in [0, 0.1) is 5.82 Å². The average molecular weight is 287 g/mol. The van der Waals surface area contributed by atoms with E-state index in [1.807, 2.05) is 0 Å². The van der Waals surface area contributed by atoms with Crippen LogP contribution in [0.25, 0.3) is 0 Å². The number of amides is 1. The monoisotopic (exact) mass is 286 g/mol. The number of aliphatic hydroxyl groups is 1. The Morgan fingerprint density at radius 2 is 2.21 bits per heavy atom. The van der Waals surface area contributed by atoms with Crippen LogP contribution >= 0.6 is 11.6 Å². The smallest absolute Gasteiger partial charge is 0.257 e. The molecule has 1 saturated carbocycles. The minimum Gasteiger partial charge on any atom is -0.395 e. The number of aromatic nitrogens is 1. The fraction of sp³-hybridized carbons (Fsp3) is 0.538. The zero-order valence-electron chi connectivity index (χ0n) is 10.5. The molecule has 1 N–H and O–H groups in total. The summed E-state index contributed by atoms with van der Waals surface area (Å²) in [6.07, 6.45) is 4.92. The van der Waals surface area contributed by atoms with E-state index in [0.29, 0.717) is 0 Å². The average Bonchev–Trinajstić information content (AvgIpc) is 2.92. The van der Waals surface area contributed by atoms with Gasteiger partial charge in [-0.3, -0.25) is 4.79 Å². The summed E-state index contributed by atoms with van der Waals surface area (Å²) in [5.74, 6) is -0.957. The second kappa shape index (κ2) is 6.30. The summed E-state index contributed by atoms with van der Waals surface area (Å²) in [7, 11) is 0. The van der Waals surface area contributed by atoms with Gasteiger partial charge in [0.05, 0.1) is 18.4 Å². The highest BCUT2D eigenvalue weighted by Crippen LogP contribution is 2.26. The zero-order valence-corrected chi connectivity index (χ0v) is 11.2. The number of rotatable bonds is 4. The fourth-order valence-corrected chi connectivity index (χ4v) is 2.69. The summed E-state index contributed by atoms with van der Waals surface area (Å²) < 4.78 is 13.2. The Morgan fingerprint density at radius 3 is 2.84 bits per heavy atom. The molecule has 1 aromatic rings. The molecule has 2 rings (SSSR count). The second-order valence-electron chi connectivity index (χ2n) is 4.65. The van der Waals surface area contributed by atoms with E-state index in [0.717, 1.165) is 37.9 Å². The first-order chi connectivity index (χ1) is 9.13. The minimum atomic E-state index is -0.594. The van der Waals surface area contributed by atoms with Gasteiger partial charge in [-0.15, -0.1) is 0 Å². The Kier molecular flexibility index (Phi) is 4.71. The predicted molar refractivity (Wildman–Crippen MR) is 69.6 cm³/mol. The lowest BCUT2D eigenvalue weighted by Gasteiger charge is -2.28. The third-order valence-electron chi connectivity index (χ3n) is 3.40. The highest BCUT2D eigenvalue weighted by Gasteiger charge is 2.28. The van der Waals surface area contributed by atoms with E-state index in [-0.39, 0.29) is 35.8 Å². The Bertz CT molecular complexity index is 464. The number of pyridine rings is 1. The van der Waals surface area contributed by atoms with Crippen molar-refractivity contribution < 1.29 is 14.3 Å². The topological polar surface area (TPSA) is 53.4 Å². The van der Waals surface area contributed by atoms with Gasteiger partial charge in [-0.05, 0) is 18.9 Å². The van der Waals surface area contributed by atoms with Crippen molar-refractivity contribution in [1.82, 2.24) is 9.88 Å². The highest BCUT2D eigenvalue weighted by molar-refractivity contribution is 6.32. The molecule has 19 heavy (non-hydrogen) atoms. The zero-order chi connectivity index (χ0) is 13.8. The van der Waals surface area contributed by atoms with Crippen molar-refractivity contribution in [1.29, 1.82) is 0 Å². The summed E-state index contributed by atoms with van der Waals surface area (Å²) in [4.78, 5) is 17.6. The maximum atomic E-state index is 13.2. The van der Waals surface area contributed by atoms with Crippen LogP contribution < -0.4 is 0 Å². The van der Waals surface area contributed by atoms with Gasteiger partial charge in [0.2, 0.25) is 0 Å². The molecule has 6 heteroatoms. The van der Waals surface area contributed by atoms with Crippen LogP contribution in [-0.4, -0.2) is 40.1 Å². The third kappa shape index (κ3) is 3.22. The normalized spacial score (nSPS) is 15.7. The van der Waals surface area contributed by atoms with Gasteiger partial charge in [-0.1, -0.05) is 24.4 Å². The third-order valence-corrected chi connectivity index (χ3v) is 3.70. The molecule has 0 radical (unpaired) electrons. The summed E-state index contributed by atoms with van der Waals surface area (Å²) in [6.45, 7) is 0.110. The van der Waals surface area contributed by atoms with Gasteiger partial charge in [0.15, 0.2) is 0 Å². The van der Waals surface area contributed by atoms with E-state index in [4.69, 9.17) is 16.7 Å². The number of halogens is 2. The highest BCUT2D eigenvalue weighted by atomic mass is 35.5. The molecule has 0 aliphatic heterocycles. The summed E-state index contributed by atoms with van der Waals surface area (Å²) in [6, 6.07) is 1.19. The van der Waals surface area contributed by atoms with Crippen molar-refractivity contribution in [3.8, 4) is 0 Å². The largest absolute Gasteiger partial charge is 0.395 e. The SMILES string of the molecule is O=C(c1cc(F)cnc1Cl)N(CCO)C1CCCC1. The summed E-state index contributed by atoms with van der Waals surface area (Å²) in [5, 5.41) is 9.09. The van der Waals surface area contributed by atoms with Crippen LogP contribution in [0.1, 0.15) is 36.0 Å². The van der Waals surface area contributed by atoms with E-state index < -0.39 is 5.82 Å². The van der Waals surface area contributed by atoms with Crippen LogP contribution in [-0.2, 0) is 0 Å². The van der Waals surface area contributed by atoms with Crippen LogP contribution in [0.2, 0.25) is 5.15 Å². The Morgan fingerprint density at radius 1 is 1.53 bits per heavy atom. The molecule has 1 aliphatic carbocycles. The number of carbonyl (C=O) groups excluding carboxylic acids is 1. The predicted octanol–water partition coefficient (Wildman–Crippen LogP) is 2.25. The van der Waals surface area contributed by atoms with E-state index in [9.17, 15) is 9.18 Å².